The maximum Gasteiger partial charge on any atom is 0.329 e. The third-order valence-corrected chi connectivity index (χ3v) is 4.06. The molecule has 0 aliphatic carbocycles. The van der Waals surface area contributed by atoms with Crippen LogP contribution in [0.3, 0.4) is 0 Å². The minimum Gasteiger partial charge on any atom is -0.479 e. The number of carbonyl (C=O) groups is 2. The molecule has 1 aliphatic rings. The van der Waals surface area contributed by atoms with Gasteiger partial charge in [0.25, 0.3) is 0 Å². The lowest BCUT2D eigenvalue weighted by Crippen LogP contribution is -2.56. The maximum atomic E-state index is 12.6. The van der Waals surface area contributed by atoms with Crippen molar-refractivity contribution in [3.63, 3.8) is 0 Å². The van der Waals surface area contributed by atoms with Crippen molar-refractivity contribution in [1.82, 2.24) is 9.80 Å². The summed E-state index contributed by atoms with van der Waals surface area (Å²) in [5.41, 5.74) is -1.03. The number of rotatable bonds is 7. The monoisotopic (exact) mass is 286 g/mol. The van der Waals surface area contributed by atoms with Crippen LogP contribution in [0.4, 0.5) is 4.79 Å². The van der Waals surface area contributed by atoms with E-state index in [9.17, 15) is 14.7 Å². The molecule has 0 aromatic heterocycles. The van der Waals surface area contributed by atoms with Crippen LogP contribution in [0.2, 0.25) is 0 Å². The van der Waals surface area contributed by atoms with Crippen molar-refractivity contribution in [2.75, 3.05) is 32.8 Å². The van der Waals surface area contributed by atoms with Crippen molar-refractivity contribution in [2.24, 2.45) is 0 Å². The molecule has 116 valence electrons. The van der Waals surface area contributed by atoms with Gasteiger partial charge in [-0.1, -0.05) is 6.92 Å². The van der Waals surface area contributed by atoms with Gasteiger partial charge in [-0.2, -0.15) is 0 Å². The number of aliphatic carboxylic acids is 1. The fourth-order valence-corrected chi connectivity index (χ4v) is 2.78. The lowest BCUT2D eigenvalue weighted by Gasteiger charge is -2.37. The maximum absolute atomic E-state index is 12.6. The summed E-state index contributed by atoms with van der Waals surface area (Å²) in [6.45, 7) is 8.31. The fourth-order valence-electron chi connectivity index (χ4n) is 2.78. The van der Waals surface area contributed by atoms with Gasteiger partial charge < -0.3 is 19.6 Å². The Hall–Kier alpha value is -1.30. The fraction of sp³-hybridized carbons (Fsp3) is 0.857. The molecule has 1 atom stereocenters. The van der Waals surface area contributed by atoms with E-state index in [1.54, 1.807) is 4.90 Å². The zero-order chi connectivity index (χ0) is 15.2. The van der Waals surface area contributed by atoms with Crippen molar-refractivity contribution in [1.29, 1.82) is 0 Å². The molecular weight excluding hydrogens is 260 g/mol. The summed E-state index contributed by atoms with van der Waals surface area (Å²) >= 11 is 0. The number of hydrogen-bond acceptors (Lipinski definition) is 3. The Labute approximate surface area is 120 Å². The third kappa shape index (κ3) is 3.23. The highest BCUT2D eigenvalue weighted by Crippen LogP contribution is 2.33. The molecule has 1 rings (SSSR count). The highest BCUT2D eigenvalue weighted by atomic mass is 16.5. The molecule has 1 saturated heterocycles. The number of ether oxygens (including phenoxy) is 1. The standard InChI is InChI=1S/C14H26N2O4/c1-4-14(12(17)18)8-7-9-16(14)13(19)15(5-2)10-11-20-6-3/h4-11H2,1-3H3,(H,17,18). The Morgan fingerprint density at radius 1 is 1.35 bits per heavy atom. The molecule has 0 aromatic rings. The van der Waals surface area contributed by atoms with Gasteiger partial charge in [0.15, 0.2) is 0 Å². The van der Waals surface area contributed by atoms with Crippen LogP contribution in [-0.4, -0.2) is 65.3 Å². The Morgan fingerprint density at radius 2 is 2.05 bits per heavy atom. The van der Waals surface area contributed by atoms with E-state index in [4.69, 9.17) is 4.74 Å². The molecule has 1 fully saturated rings. The molecule has 20 heavy (non-hydrogen) atoms. The SMILES string of the molecule is CCOCCN(CC)C(=O)N1CCCC1(CC)C(=O)O. The van der Waals surface area contributed by atoms with Crippen LogP contribution in [0.5, 0.6) is 0 Å². The molecular formula is C14H26N2O4. The molecule has 6 heteroatoms. The van der Waals surface area contributed by atoms with E-state index in [-0.39, 0.29) is 6.03 Å². The smallest absolute Gasteiger partial charge is 0.329 e. The number of carboxylic acid groups (broad SMARTS) is 1. The summed E-state index contributed by atoms with van der Waals surface area (Å²) < 4.78 is 5.28. The number of carboxylic acids is 1. The van der Waals surface area contributed by atoms with Crippen LogP contribution < -0.4 is 0 Å². The van der Waals surface area contributed by atoms with E-state index >= 15 is 0 Å². The van der Waals surface area contributed by atoms with E-state index in [1.807, 2.05) is 20.8 Å². The van der Waals surface area contributed by atoms with Gasteiger partial charge in [0.1, 0.15) is 5.54 Å². The first-order valence-electron chi connectivity index (χ1n) is 7.41. The summed E-state index contributed by atoms with van der Waals surface area (Å²) in [7, 11) is 0. The second-order valence-electron chi connectivity index (χ2n) is 5.00. The zero-order valence-electron chi connectivity index (χ0n) is 12.7. The van der Waals surface area contributed by atoms with Crippen molar-refractivity contribution in [3.05, 3.63) is 0 Å². The van der Waals surface area contributed by atoms with E-state index in [2.05, 4.69) is 0 Å². The van der Waals surface area contributed by atoms with E-state index in [0.29, 0.717) is 45.7 Å². The van der Waals surface area contributed by atoms with Crippen molar-refractivity contribution in [3.8, 4) is 0 Å². The first-order chi connectivity index (χ1) is 9.53. The predicted molar refractivity (Wildman–Crippen MR) is 75.7 cm³/mol. The van der Waals surface area contributed by atoms with Gasteiger partial charge in [-0.15, -0.1) is 0 Å². The number of likely N-dealkylation sites (tertiary alicyclic amines) is 1. The van der Waals surface area contributed by atoms with Crippen LogP contribution in [0.1, 0.15) is 40.0 Å². The summed E-state index contributed by atoms with van der Waals surface area (Å²) in [6, 6.07) is -0.186. The average molecular weight is 286 g/mol. The molecule has 1 unspecified atom stereocenters. The van der Waals surface area contributed by atoms with Gasteiger partial charge in [-0.05, 0) is 33.1 Å². The van der Waals surface area contributed by atoms with Gasteiger partial charge in [-0.3, -0.25) is 0 Å². The molecule has 1 N–H and O–H groups in total. The number of urea groups is 1. The van der Waals surface area contributed by atoms with Gasteiger partial charge in [-0.25, -0.2) is 9.59 Å². The van der Waals surface area contributed by atoms with Gasteiger partial charge in [0.05, 0.1) is 6.61 Å². The summed E-state index contributed by atoms with van der Waals surface area (Å²) in [4.78, 5) is 27.4. The Bertz CT molecular complexity index is 348. The van der Waals surface area contributed by atoms with Crippen molar-refractivity contribution in [2.45, 2.75) is 45.6 Å². The first-order valence-corrected chi connectivity index (χ1v) is 7.41. The lowest BCUT2D eigenvalue weighted by atomic mass is 9.93. The first kappa shape index (κ1) is 16.8. The van der Waals surface area contributed by atoms with E-state index in [1.165, 1.54) is 4.90 Å². The molecule has 6 nitrogen and oxygen atoms in total. The minimum absolute atomic E-state index is 0.186. The molecule has 1 aliphatic heterocycles. The molecule has 0 bridgehead atoms. The van der Waals surface area contributed by atoms with Gasteiger partial charge >= 0.3 is 12.0 Å². The molecule has 0 radical (unpaired) electrons. The highest BCUT2D eigenvalue weighted by molar-refractivity contribution is 5.87. The second kappa shape index (κ2) is 7.47. The summed E-state index contributed by atoms with van der Waals surface area (Å²) in [6.07, 6.45) is 1.72. The lowest BCUT2D eigenvalue weighted by molar-refractivity contribution is -0.148. The van der Waals surface area contributed by atoms with E-state index < -0.39 is 11.5 Å². The molecule has 0 aromatic carbocycles. The normalized spacial score (nSPS) is 22.1. The minimum atomic E-state index is -1.03. The Kier molecular flexibility index (Phi) is 6.26. The molecule has 0 saturated carbocycles. The van der Waals surface area contributed by atoms with Gasteiger partial charge in [0, 0.05) is 26.2 Å². The van der Waals surface area contributed by atoms with Crippen LogP contribution in [0.15, 0.2) is 0 Å². The number of nitrogens with zero attached hydrogens (tertiary/aromatic N) is 2. The number of hydrogen-bond donors (Lipinski definition) is 1. The van der Waals surface area contributed by atoms with Crippen LogP contribution in [-0.2, 0) is 9.53 Å². The van der Waals surface area contributed by atoms with E-state index in [0.717, 1.165) is 6.42 Å². The van der Waals surface area contributed by atoms with Crippen molar-refractivity contribution < 1.29 is 19.4 Å². The van der Waals surface area contributed by atoms with Gasteiger partial charge in [0.2, 0.25) is 0 Å². The summed E-state index contributed by atoms with van der Waals surface area (Å²) in [5.74, 6) is -0.897. The topological polar surface area (TPSA) is 70.1 Å². The predicted octanol–water partition coefficient (Wildman–Crippen LogP) is 1.79. The third-order valence-electron chi connectivity index (χ3n) is 4.06. The average Bonchev–Trinajstić information content (AvgIpc) is 2.88. The highest BCUT2D eigenvalue weighted by Gasteiger charge is 2.49. The van der Waals surface area contributed by atoms with Crippen molar-refractivity contribution >= 4 is 12.0 Å². The number of carbonyl (C=O) groups excluding carboxylic acids is 1. The number of amides is 2. The Morgan fingerprint density at radius 3 is 2.55 bits per heavy atom. The molecule has 1 heterocycles. The summed E-state index contributed by atoms with van der Waals surface area (Å²) in [5, 5.41) is 9.51. The van der Waals surface area contributed by atoms with Crippen LogP contribution in [0.25, 0.3) is 0 Å². The van der Waals surface area contributed by atoms with Crippen LogP contribution >= 0.6 is 0 Å². The number of likely N-dealkylation sites (N-methyl/N-ethyl adjacent to an activating group) is 1. The second-order valence-corrected chi connectivity index (χ2v) is 5.00. The molecule has 2 amide bonds. The quantitative estimate of drug-likeness (QED) is 0.724. The zero-order valence-corrected chi connectivity index (χ0v) is 12.7. The van der Waals surface area contributed by atoms with Crippen LogP contribution in [0, 0.1) is 0 Å². The molecule has 0 spiro atoms. The Balaban J connectivity index is 2.79. The largest absolute Gasteiger partial charge is 0.479 e.